The Hall–Kier alpha value is -0.910. The molecular weight excluding hydrogens is 350 g/mol. The van der Waals surface area contributed by atoms with Gasteiger partial charge in [0.15, 0.2) is 0 Å². The maximum absolute atomic E-state index is 11.8. The molecule has 126 valence electrons. The van der Waals surface area contributed by atoms with Crippen molar-refractivity contribution in [3.05, 3.63) is 0 Å². The Labute approximate surface area is 140 Å². The Kier molecular flexibility index (Phi) is 7.53. The summed E-state index contributed by atoms with van der Waals surface area (Å²) in [6.07, 6.45) is 4.49. The van der Waals surface area contributed by atoms with Gasteiger partial charge in [-0.15, -0.1) is 0 Å². The number of esters is 1. The molecule has 0 N–H and O–H groups in total. The zero-order valence-corrected chi connectivity index (χ0v) is 15.4. The van der Waals surface area contributed by atoms with Crippen LogP contribution < -0.4 is 0 Å². The molecule has 0 aromatic rings. The summed E-state index contributed by atoms with van der Waals surface area (Å²) in [5.41, 5.74) is -0.791. The van der Waals surface area contributed by atoms with E-state index in [0.717, 1.165) is 18.8 Å². The third kappa shape index (κ3) is 5.38. The van der Waals surface area contributed by atoms with Crippen molar-refractivity contribution in [2.24, 2.45) is 17.0 Å². The topological polar surface area (TPSA) is 65.0 Å². The van der Waals surface area contributed by atoms with E-state index in [1.54, 1.807) is 6.92 Å². The van der Waals surface area contributed by atoms with Gasteiger partial charge < -0.3 is 9.57 Å². The first-order chi connectivity index (χ1) is 10.3. The van der Waals surface area contributed by atoms with Crippen LogP contribution in [0.2, 0.25) is 0 Å². The smallest absolute Gasteiger partial charge is 0.364 e. The van der Waals surface area contributed by atoms with Gasteiger partial charge in [-0.2, -0.15) is 0 Å². The number of alkyl halides is 1. The van der Waals surface area contributed by atoms with Gasteiger partial charge in [0.2, 0.25) is 11.5 Å². The van der Waals surface area contributed by atoms with Crippen LogP contribution >= 0.6 is 15.9 Å². The molecule has 1 fully saturated rings. The van der Waals surface area contributed by atoms with Crippen molar-refractivity contribution in [2.75, 3.05) is 11.9 Å². The largest absolute Gasteiger partial charge is 0.461 e. The van der Waals surface area contributed by atoms with Gasteiger partial charge in [0.25, 0.3) is 0 Å². The third-order valence-corrected chi connectivity index (χ3v) is 4.73. The number of oxime groups is 1. The van der Waals surface area contributed by atoms with Crippen molar-refractivity contribution < 1.29 is 19.2 Å². The molecule has 0 aromatic heterocycles. The van der Waals surface area contributed by atoms with Crippen LogP contribution in [0.25, 0.3) is 0 Å². The molecule has 0 aromatic carbocycles. The molecule has 1 aliphatic carbocycles. The van der Waals surface area contributed by atoms with Crippen LogP contribution in [0.1, 0.15) is 53.4 Å². The van der Waals surface area contributed by atoms with Crippen molar-refractivity contribution in [3.8, 4) is 0 Å². The van der Waals surface area contributed by atoms with Gasteiger partial charge >= 0.3 is 5.97 Å². The van der Waals surface area contributed by atoms with Crippen molar-refractivity contribution in [1.29, 1.82) is 0 Å². The number of halogens is 1. The van der Waals surface area contributed by atoms with Gasteiger partial charge in [0.1, 0.15) is 5.60 Å². The molecule has 1 aliphatic rings. The lowest BCUT2D eigenvalue weighted by Crippen LogP contribution is -2.37. The summed E-state index contributed by atoms with van der Waals surface area (Å²) in [5, 5.41) is 3.85. The number of Topliss-reactive ketones (excluding diaryl/α,β-unsaturated/α-hetero) is 1. The normalized spacial score (nSPS) is 23.0. The summed E-state index contributed by atoms with van der Waals surface area (Å²) in [5.74, 6) is -0.0536. The molecule has 0 heterocycles. The van der Waals surface area contributed by atoms with Gasteiger partial charge in [0, 0.05) is 5.92 Å². The maximum atomic E-state index is 11.8. The summed E-state index contributed by atoms with van der Waals surface area (Å²) >= 11 is 3.04. The fourth-order valence-corrected chi connectivity index (χ4v) is 2.92. The monoisotopic (exact) mass is 375 g/mol. The standard InChI is InChI=1S/C16H26BrNO4/c1-5-21-15(20)14(13(19)10-17)18-22-16(3,4)12-8-6-11(2)7-9-12/h11-12H,5-10H2,1-4H3. The Balaban J connectivity index is 2.79. The van der Waals surface area contributed by atoms with E-state index in [4.69, 9.17) is 9.57 Å². The second-order valence-electron chi connectivity index (χ2n) is 6.37. The Morgan fingerprint density at radius 1 is 1.23 bits per heavy atom. The Morgan fingerprint density at radius 3 is 2.32 bits per heavy atom. The molecular formula is C16H26BrNO4. The molecule has 0 aliphatic heterocycles. The number of nitrogens with zero attached hydrogens (tertiary/aromatic N) is 1. The SMILES string of the molecule is CCOC(=O)C(=NOC(C)(C)C1CCC(C)CC1)C(=O)CBr. The van der Waals surface area contributed by atoms with E-state index in [2.05, 4.69) is 28.0 Å². The summed E-state index contributed by atoms with van der Waals surface area (Å²) in [4.78, 5) is 29.2. The van der Waals surface area contributed by atoms with E-state index >= 15 is 0 Å². The fraction of sp³-hybridized carbons (Fsp3) is 0.812. The molecule has 0 atom stereocenters. The minimum Gasteiger partial charge on any atom is -0.461 e. The van der Waals surface area contributed by atoms with Crippen LogP contribution in [-0.4, -0.2) is 35.0 Å². The first-order valence-electron chi connectivity index (χ1n) is 7.84. The highest BCUT2D eigenvalue weighted by atomic mass is 79.9. The number of ketones is 1. The zero-order valence-electron chi connectivity index (χ0n) is 13.9. The number of hydrogen-bond donors (Lipinski definition) is 0. The zero-order chi connectivity index (χ0) is 16.8. The number of rotatable bonds is 7. The second-order valence-corrected chi connectivity index (χ2v) is 6.93. The molecule has 0 radical (unpaired) electrons. The fourth-order valence-electron chi connectivity index (χ4n) is 2.66. The van der Waals surface area contributed by atoms with Gasteiger partial charge in [-0.1, -0.05) is 40.9 Å². The summed E-state index contributed by atoms with van der Waals surface area (Å²) < 4.78 is 4.86. The first-order valence-corrected chi connectivity index (χ1v) is 8.96. The highest BCUT2D eigenvalue weighted by molar-refractivity contribution is 9.09. The van der Waals surface area contributed by atoms with Gasteiger partial charge in [0.05, 0.1) is 11.9 Å². The lowest BCUT2D eigenvalue weighted by atomic mass is 9.75. The molecule has 1 saturated carbocycles. The summed E-state index contributed by atoms with van der Waals surface area (Å²) in [7, 11) is 0. The maximum Gasteiger partial charge on any atom is 0.364 e. The van der Waals surface area contributed by atoms with Crippen molar-refractivity contribution in [3.63, 3.8) is 0 Å². The minimum atomic E-state index is -0.736. The highest BCUT2D eigenvalue weighted by Gasteiger charge is 2.35. The third-order valence-electron chi connectivity index (χ3n) is 4.23. The highest BCUT2D eigenvalue weighted by Crippen LogP contribution is 2.37. The molecule has 0 spiro atoms. The molecule has 0 bridgehead atoms. The lowest BCUT2D eigenvalue weighted by Gasteiger charge is -2.36. The quantitative estimate of drug-likeness (QED) is 0.224. The molecule has 0 amide bonds. The van der Waals surface area contributed by atoms with Crippen LogP contribution in [0.15, 0.2) is 5.16 Å². The van der Waals surface area contributed by atoms with E-state index in [9.17, 15) is 9.59 Å². The van der Waals surface area contributed by atoms with Gasteiger partial charge in [-0.05, 0) is 39.5 Å². The van der Waals surface area contributed by atoms with Gasteiger partial charge in [-0.25, -0.2) is 4.79 Å². The Bertz CT molecular complexity index is 426. The van der Waals surface area contributed by atoms with Gasteiger partial charge in [-0.3, -0.25) is 4.79 Å². The number of carbonyl (C=O) groups excluding carboxylic acids is 2. The first kappa shape index (κ1) is 19.1. The van der Waals surface area contributed by atoms with Crippen molar-refractivity contribution >= 4 is 33.4 Å². The minimum absolute atomic E-state index is 0.00931. The molecule has 6 heteroatoms. The molecule has 0 saturated heterocycles. The predicted octanol–water partition coefficient (Wildman–Crippen LogP) is 3.49. The second kappa shape index (κ2) is 8.65. The van der Waals surface area contributed by atoms with E-state index < -0.39 is 17.4 Å². The molecule has 5 nitrogen and oxygen atoms in total. The van der Waals surface area contributed by atoms with Crippen LogP contribution in [0, 0.1) is 11.8 Å². The average molecular weight is 376 g/mol. The summed E-state index contributed by atoms with van der Waals surface area (Å²) in [6, 6.07) is 0. The van der Waals surface area contributed by atoms with Crippen LogP contribution in [-0.2, 0) is 19.2 Å². The van der Waals surface area contributed by atoms with E-state index in [1.807, 2.05) is 13.8 Å². The van der Waals surface area contributed by atoms with E-state index in [1.165, 1.54) is 12.8 Å². The predicted molar refractivity (Wildman–Crippen MR) is 89.2 cm³/mol. The van der Waals surface area contributed by atoms with Crippen LogP contribution in [0.3, 0.4) is 0 Å². The van der Waals surface area contributed by atoms with Crippen molar-refractivity contribution in [2.45, 2.75) is 59.0 Å². The molecule has 1 rings (SSSR count). The average Bonchev–Trinajstić information content (AvgIpc) is 2.47. The van der Waals surface area contributed by atoms with Crippen molar-refractivity contribution in [1.82, 2.24) is 0 Å². The van der Waals surface area contributed by atoms with E-state index in [0.29, 0.717) is 5.92 Å². The lowest BCUT2D eigenvalue weighted by molar-refractivity contribution is -0.136. The van der Waals surface area contributed by atoms with Crippen LogP contribution in [0.4, 0.5) is 0 Å². The number of carbonyl (C=O) groups is 2. The molecule has 22 heavy (non-hydrogen) atoms. The Morgan fingerprint density at radius 2 is 1.82 bits per heavy atom. The summed E-state index contributed by atoms with van der Waals surface area (Å²) in [6.45, 7) is 8.05. The molecule has 0 unspecified atom stereocenters. The number of hydrogen-bond acceptors (Lipinski definition) is 5. The van der Waals surface area contributed by atoms with E-state index in [-0.39, 0.29) is 17.6 Å². The number of ether oxygens (including phenoxy) is 1. The van der Waals surface area contributed by atoms with Crippen LogP contribution in [0.5, 0.6) is 0 Å².